The molecule has 2 aliphatic rings. The van der Waals surface area contributed by atoms with Crippen molar-refractivity contribution in [2.24, 2.45) is 5.92 Å². The monoisotopic (exact) mass is 418 g/mol. The summed E-state index contributed by atoms with van der Waals surface area (Å²) in [6, 6.07) is 8.29. The Balaban J connectivity index is 1.66. The maximum atomic E-state index is 13.7. The molecule has 4 heterocycles. The molecule has 1 aliphatic carbocycles. The lowest BCUT2D eigenvalue weighted by Gasteiger charge is -2.31. The van der Waals surface area contributed by atoms with Crippen LogP contribution in [-0.4, -0.2) is 27.7 Å². The van der Waals surface area contributed by atoms with Gasteiger partial charge in [-0.3, -0.25) is 4.79 Å². The Bertz CT molecular complexity index is 1330. The van der Waals surface area contributed by atoms with Crippen LogP contribution in [0.2, 0.25) is 0 Å². The van der Waals surface area contributed by atoms with Crippen molar-refractivity contribution in [1.29, 1.82) is 0 Å². The van der Waals surface area contributed by atoms with Crippen molar-refractivity contribution in [1.82, 2.24) is 14.6 Å². The standard InChI is InChI=1S/C24H26N4OS/c1-15-11-13-27(14-12-15)22-17-8-6-5-7-16(17)21-25-23-20(24(29)28(21)26-22)18-9-3-2-4-10-19(18)30-23/h5-8,15H,2-4,9-14H2,1H3. The largest absolute Gasteiger partial charge is 0.355 e. The van der Waals surface area contributed by atoms with Gasteiger partial charge in [-0.15, -0.1) is 16.4 Å². The maximum Gasteiger partial charge on any atom is 0.283 e. The van der Waals surface area contributed by atoms with Crippen molar-refractivity contribution in [3.63, 3.8) is 0 Å². The lowest BCUT2D eigenvalue weighted by Crippen LogP contribution is -2.34. The molecular weight excluding hydrogens is 392 g/mol. The van der Waals surface area contributed by atoms with Crippen LogP contribution in [0.25, 0.3) is 26.6 Å². The molecule has 0 N–H and O–H groups in total. The summed E-state index contributed by atoms with van der Waals surface area (Å²) in [5.74, 6) is 1.67. The van der Waals surface area contributed by atoms with E-state index in [0.29, 0.717) is 5.65 Å². The number of rotatable bonds is 1. The lowest BCUT2D eigenvalue weighted by molar-refractivity contribution is 0.436. The van der Waals surface area contributed by atoms with Crippen LogP contribution in [0.15, 0.2) is 29.1 Å². The number of hydrogen-bond acceptors (Lipinski definition) is 5. The molecular formula is C24H26N4OS. The fourth-order valence-corrected chi connectivity index (χ4v) is 6.37. The topological polar surface area (TPSA) is 50.5 Å². The molecule has 30 heavy (non-hydrogen) atoms. The first kappa shape index (κ1) is 18.3. The molecule has 1 aromatic carbocycles. The molecule has 0 spiro atoms. The van der Waals surface area contributed by atoms with E-state index < -0.39 is 0 Å². The zero-order valence-corrected chi connectivity index (χ0v) is 18.2. The van der Waals surface area contributed by atoms with Gasteiger partial charge in [-0.05, 0) is 50.0 Å². The number of nitrogens with zero attached hydrogens (tertiary/aromatic N) is 4. The predicted octanol–water partition coefficient (Wildman–Crippen LogP) is 4.96. The molecule has 5 nitrogen and oxygen atoms in total. The van der Waals surface area contributed by atoms with Crippen LogP contribution in [0.4, 0.5) is 5.82 Å². The summed E-state index contributed by atoms with van der Waals surface area (Å²) >= 11 is 1.72. The van der Waals surface area contributed by atoms with E-state index >= 15 is 0 Å². The lowest BCUT2D eigenvalue weighted by atomic mass is 9.99. The molecule has 0 amide bonds. The Morgan fingerprint density at radius 1 is 1.03 bits per heavy atom. The molecule has 1 fully saturated rings. The Labute approximate surface area is 179 Å². The predicted molar refractivity (Wildman–Crippen MR) is 124 cm³/mol. The third kappa shape index (κ3) is 2.77. The van der Waals surface area contributed by atoms with E-state index in [4.69, 9.17) is 10.1 Å². The second-order valence-corrected chi connectivity index (χ2v) is 10.0. The highest BCUT2D eigenvalue weighted by Gasteiger charge is 2.24. The van der Waals surface area contributed by atoms with E-state index in [1.807, 2.05) is 6.07 Å². The first-order valence-corrected chi connectivity index (χ1v) is 12.0. The summed E-state index contributed by atoms with van der Waals surface area (Å²) in [5.41, 5.74) is 1.93. The molecule has 0 radical (unpaired) electrons. The highest BCUT2D eigenvalue weighted by molar-refractivity contribution is 7.18. The fourth-order valence-electron chi connectivity index (χ4n) is 5.12. The summed E-state index contributed by atoms with van der Waals surface area (Å²) in [6.07, 6.45) is 8.00. The van der Waals surface area contributed by atoms with Crippen molar-refractivity contribution in [3.05, 3.63) is 45.1 Å². The van der Waals surface area contributed by atoms with Gasteiger partial charge >= 0.3 is 0 Å². The SMILES string of the molecule is CC1CCN(c2nn3c(=O)c4c5c(sc4nc3c3ccccc23)CCCCC5)CC1. The Morgan fingerprint density at radius 3 is 2.63 bits per heavy atom. The minimum atomic E-state index is 0.00628. The van der Waals surface area contributed by atoms with Crippen LogP contribution in [0, 0.1) is 5.92 Å². The van der Waals surface area contributed by atoms with E-state index in [-0.39, 0.29) is 5.56 Å². The Morgan fingerprint density at radius 2 is 1.80 bits per heavy atom. The quantitative estimate of drug-likeness (QED) is 0.324. The number of benzene rings is 1. The zero-order valence-electron chi connectivity index (χ0n) is 17.4. The molecule has 0 saturated carbocycles. The minimum absolute atomic E-state index is 0.00628. The number of piperidine rings is 1. The third-order valence-corrected chi connectivity index (χ3v) is 8.09. The van der Waals surface area contributed by atoms with Gasteiger partial charge in [0, 0.05) is 28.7 Å². The number of fused-ring (bicyclic) bond motifs is 6. The number of aromatic nitrogens is 3. The number of thiophene rings is 1. The van der Waals surface area contributed by atoms with Crippen molar-refractivity contribution in [2.45, 2.75) is 51.9 Å². The average molecular weight is 419 g/mol. The van der Waals surface area contributed by atoms with Crippen molar-refractivity contribution in [2.75, 3.05) is 18.0 Å². The van der Waals surface area contributed by atoms with Gasteiger partial charge in [0.15, 0.2) is 11.5 Å². The summed E-state index contributed by atoms with van der Waals surface area (Å²) in [6.45, 7) is 4.29. The maximum absolute atomic E-state index is 13.7. The second kappa shape index (κ2) is 7.05. The van der Waals surface area contributed by atoms with Crippen LogP contribution in [0.1, 0.15) is 49.5 Å². The van der Waals surface area contributed by atoms with Crippen LogP contribution >= 0.6 is 11.3 Å². The molecule has 6 rings (SSSR count). The van der Waals surface area contributed by atoms with Crippen LogP contribution in [0.5, 0.6) is 0 Å². The van der Waals surface area contributed by atoms with E-state index in [0.717, 1.165) is 77.9 Å². The molecule has 1 saturated heterocycles. The van der Waals surface area contributed by atoms with Crippen molar-refractivity contribution >= 4 is 43.8 Å². The molecule has 3 aromatic heterocycles. The van der Waals surface area contributed by atoms with E-state index in [1.54, 1.807) is 15.9 Å². The van der Waals surface area contributed by atoms with Gasteiger partial charge in [-0.2, -0.15) is 4.52 Å². The minimum Gasteiger partial charge on any atom is -0.355 e. The zero-order chi connectivity index (χ0) is 20.2. The molecule has 0 bridgehead atoms. The van der Waals surface area contributed by atoms with Gasteiger partial charge in [0.1, 0.15) is 4.83 Å². The van der Waals surface area contributed by atoms with Gasteiger partial charge in [-0.25, -0.2) is 4.98 Å². The molecule has 0 atom stereocenters. The summed E-state index contributed by atoms with van der Waals surface area (Å²) < 4.78 is 1.59. The smallest absolute Gasteiger partial charge is 0.283 e. The highest BCUT2D eigenvalue weighted by Crippen LogP contribution is 2.35. The average Bonchev–Trinajstić information content (AvgIpc) is 2.95. The second-order valence-electron chi connectivity index (χ2n) is 8.94. The normalized spacial score (nSPS) is 18.2. The third-order valence-electron chi connectivity index (χ3n) is 6.90. The van der Waals surface area contributed by atoms with Crippen LogP contribution in [-0.2, 0) is 12.8 Å². The fraction of sp³-hybridized carbons (Fsp3) is 0.458. The van der Waals surface area contributed by atoms with Crippen molar-refractivity contribution < 1.29 is 0 Å². The van der Waals surface area contributed by atoms with Gasteiger partial charge < -0.3 is 4.90 Å². The van der Waals surface area contributed by atoms with E-state index in [1.165, 1.54) is 23.3 Å². The molecule has 0 unspecified atom stereocenters. The van der Waals surface area contributed by atoms with Gasteiger partial charge in [-0.1, -0.05) is 37.6 Å². The first-order valence-electron chi connectivity index (χ1n) is 11.2. The van der Waals surface area contributed by atoms with E-state index in [2.05, 4.69) is 30.0 Å². The Hall–Kier alpha value is -2.47. The van der Waals surface area contributed by atoms with Crippen molar-refractivity contribution in [3.8, 4) is 0 Å². The number of hydrogen-bond donors (Lipinski definition) is 0. The van der Waals surface area contributed by atoms with Gasteiger partial charge in [0.05, 0.1) is 5.39 Å². The number of anilines is 1. The Kier molecular flexibility index (Phi) is 4.30. The summed E-state index contributed by atoms with van der Waals surface area (Å²) in [7, 11) is 0. The molecule has 1 aliphatic heterocycles. The van der Waals surface area contributed by atoms with Gasteiger partial charge in [0.2, 0.25) is 0 Å². The highest BCUT2D eigenvalue weighted by atomic mass is 32.1. The number of aryl methyl sites for hydroxylation is 2. The van der Waals surface area contributed by atoms with Crippen LogP contribution < -0.4 is 10.5 Å². The molecule has 4 aromatic rings. The van der Waals surface area contributed by atoms with Gasteiger partial charge in [0.25, 0.3) is 5.56 Å². The van der Waals surface area contributed by atoms with E-state index in [9.17, 15) is 4.79 Å². The first-order chi connectivity index (χ1) is 14.7. The van der Waals surface area contributed by atoms with Crippen LogP contribution in [0.3, 0.4) is 0 Å². The summed E-state index contributed by atoms with van der Waals surface area (Å²) in [5, 5.41) is 7.85. The summed E-state index contributed by atoms with van der Waals surface area (Å²) in [4.78, 5) is 23.3. The molecule has 154 valence electrons. The molecule has 6 heteroatoms.